The molecule has 0 bridgehead atoms. The van der Waals surface area contributed by atoms with E-state index < -0.39 is 0 Å². The van der Waals surface area contributed by atoms with Gasteiger partial charge in [0.2, 0.25) is 0 Å². The molecule has 0 heterocycles. The van der Waals surface area contributed by atoms with E-state index in [9.17, 15) is 4.79 Å². The average Bonchev–Trinajstić information content (AvgIpc) is 2.01. The van der Waals surface area contributed by atoms with Crippen LogP contribution in [0.25, 0.3) is 0 Å². The fraction of sp³-hybridized carbons (Fsp3) is 0.875. The molecule has 0 saturated heterocycles. The van der Waals surface area contributed by atoms with Crippen molar-refractivity contribution in [3.63, 3.8) is 0 Å². The third kappa shape index (κ3) is 6.12. The quantitative estimate of drug-likeness (QED) is 0.446. The highest BCUT2D eigenvalue weighted by atomic mass is 16.7. The summed E-state index contributed by atoms with van der Waals surface area (Å²) in [4.78, 5) is 10.9. The SMILES string of the molecule is CCOC(=O)C[C@@H](C)OCOC. The number of hydrogen-bond acceptors (Lipinski definition) is 4. The molecule has 0 N–H and O–H groups in total. The Labute approximate surface area is 72.8 Å². The molecule has 0 spiro atoms. The van der Waals surface area contributed by atoms with Gasteiger partial charge in [-0.1, -0.05) is 0 Å². The van der Waals surface area contributed by atoms with Crippen molar-refractivity contribution in [2.45, 2.75) is 26.4 Å². The standard InChI is InChI=1S/C8H16O4/c1-4-11-8(9)5-7(2)12-6-10-3/h7H,4-6H2,1-3H3/t7-/m1/s1. The van der Waals surface area contributed by atoms with Gasteiger partial charge in [0, 0.05) is 7.11 Å². The lowest BCUT2D eigenvalue weighted by atomic mass is 10.3. The Morgan fingerprint density at radius 3 is 2.67 bits per heavy atom. The molecule has 0 aliphatic rings. The minimum absolute atomic E-state index is 0.149. The van der Waals surface area contributed by atoms with Crippen LogP contribution >= 0.6 is 0 Å². The molecule has 0 aliphatic carbocycles. The fourth-order valence-electron chi connectivity index (χ4n) is 0.698. The Balaban J connectivity index is 3.40. The third-order valence-corrected chi connectivity index (χ3v) is 1.23. The predicted octanol–water partition coefficient (Wildman–Crippen LogP) is 0.949. The molecule has 0 radical (unpaired) electrons. The Morgan fingerprint density at radius 2 is 2.17 bits per heavy atom. The molecule has 0 saturated carbocycles. The van der Waals surface area contributed by atoms with Crippen LogP contribution in [0.15, 0.2) is 0 Å². The molecular weight excluding hydrogens is 160 g/mol. The van der Waals surface area contributed by atoms with Crippen LogP contribution in [0.3, 0.4) is 0 Å². The molecule has 0 aromatic carbocycles. The Hall–Kier alpha value is -0.610. The van der Waals surface area contributed by atoms with Gasteiger partial charge in [-0.15, -0.1) is 0 Å². The van der Waals surface area contributed by atoms with Crippen LogP contribution in [0.1, 0.15) is 20.3 Å². The first kappa shape index (κ1) is 11.4. The highest BCUT2D eigenvalue weighted by Gasteiger charge is 2.09. The number of methoxy groups -OCH3 is 1. The van der Waals surface area contributed by atoms with E-state index in [2.05, 4.69) is 4.74 Å². The van der Waals surface area contributed by atoms with Crippen LogP contribution < -0.4 is 0 Å². The summed E-state index contributed by atoms with van der Waals surface area (Å²) in [6.07, 6.45) is 0.126. The van der Waals surface area contributed by atoms with Gasteiger partial charge in [0.05, 0.1) is 19.1 Å². The first-order valence-electron chi connectivity index (χ1n) is 3.96. The van der Waals surface area contributed by atoms with Crippen molar-refractivity contribution >= 4 is 5.97 Å². The van der Waals surface area contributed by atoms with E-state index in [1.807, 2.05) is 0 Å². The molecule has 0 aromatic rings. The first-order chi connectivity index (χ1) is 5.70. The maximum atomic E-state index is 10.9. The third-order valence-electron chi connectivity index (χ3n) is 1.23. The maximum absolute atomic E-state index is 10.9. The second kappa shape index (κ2) is 7.06. The zero-order valence-corrected chi connectivity index (χ0v) is 7.83. The molecule has 0 rings (SSSR count). The number of rotatable bonds is 6. The summed E-state index contributed by atoms with van der Waals surface area (Å²) in [5.41, 5.74) is 0. The summed E-state index contributed by atoms with van der Waals surface area (Å²) in [6, 6.07) is 0. The van der Waals surface area contributed by atoms with Crippen molar-refractivity contribution in [1.82, 2.24) is 0 Å². The lowest BCUT2D eigenvalue weighted by Crippen LogP contribution is -2.17. The second-order valence-corrected chi connectivity index (χ2v) is 2.39. The zero-order valence-electron chi connectivity index (χ0n) is 7.83. The molecule has 4 nitrogen and oxygen atoms in total. The molecule has 0 aromatic heterocycles. The average molecular weight is 176 g/mol. The minimum atomic E-state index is -0.235. The van der Waals surface area contributed by atoms with Crippen LogP contribution in [-0.4, -0.2) is 32.6 Å². The summed E-state index contributed by atoms with van der Waals surface area (Å²) in [7, 11) is 1.54. The van der Waals surface area contributed by atoms with E-state index in [-0.39, 0.29) is 25.3 Å². The molecule has 12 heavy (non-hydrogen) atoms. The van der Waals surface area contributed by atoms with E-state index in [4.69, 9.17) is 9.47 Å². The molecule has 72 valence electrons. The van der Waals surface area contributed by atoms with Crippen molar-refractivity contribution in [3.8, 4) is 0 Å². The van der Waals surface area contributed by atoms with Crippen molar-refractivity contribution in [2.24, 2.45) is 0 Å². The van der Waals surface area contributed by atoms with Crippen LogP contribution in [0.4, 0.5) is 0 Å². The molecule has 0 unspecified atom stereocenters. The number of carbonyl (C=O) groups excluding carboxylic acids is 1. The van der Waals surface area contributed by atoms with Gasteiger partial charge in [-0.05, 0) is 13.8 Å². The van der Waals surface area contributed by atoms with Crippen LogP contribution in [0.2, 0.25) is 0 Å². The van der Waals surface area contributed by atoms with Gasteiger partial charge in [0.1, 0.15) is 6.79 Å². The molecule has 0 fully saturated rings. The zero-order chi connectivity index (χ0) is 9.40. The van der Waals surface area contributed by atoms with Gasteiger partial charge in [-0.3, -0.25) is 4.79 Å². The van der Waals surface area contributed by atoms with Crippen molar-refractivity contribution in [1.29, 1.82) is 0 Å². The first-order valence-corrected chi connectivity index (χ1v) is 3.96. The lowest BCUT2D eigenvalue weighted by Gasteiger charge is -2.10. The largest absolute Gasteiger partial charge is 0.466 e. The van der Waals surface area contributed by atoms with Gasteiger partial charge in [-0.2, -0.15) is 0 Å². The van der Waals surface area contributed by atoms with Gasteiger partial charge in [0.25, 0.3) is 0 Å². The van der Waals surface area contributed by atoms with Crippen LogP contribution in [0, 0.1) is 0 Å². The lowest BCUT2D eigenvalue weighted by molar-refractivity contribution is -0.148. The Kier molecular flexibility index (Phi) is 6.70. The minimum Gasteiger partial charge on any atom is -0.466 e. The van der Waals surface area contributed by atoms with Crippen molar-refractivity contribution in [2.75, 3.05) is 20.5 Å². The van der Waals surface area contributed by atoms with Gasteiger partial charge in [0.15, 0.2) is 0 Å². The summed E-state index contributed by atoms with van der Waals surface area (Å²) in [6.45, 7) is 4.20. The highest BCUT2D eigenvalue weighted by Crippen LogP contribution is 1.98. The number of ether oxygens (including phenoxy) is 3. The molecule has 0 aliphatic heterocycles. The van der Waals surface area contributed by atoms with Gasteiger partial charge in [-0.25, -0.2) is 0 Å². The smallest absolute Gasteiger partial charge is 0.308 e. The van der Waals surface area contributed by atoms with E-state index in [1.54, 1.807) is 13.8 Å². The van der Waals surface area contributed by atoms with Crippen molar-refractivity contribution in [3.05, 3.63) is 0 Å². The van der Waals surface area contributed by atoms with Gasteiger partial charge < -0.3 is 14.2 Å². The van der Waals surface area contributed by atoms with Crippen LogP contribution in [-0.2, 0) is 19.0 Å². The van der Waals surface area contributed by atoms with E-state index in [0.29, 0.717) is 6.61 Å². The summed E-state index contributed by atoms with van der Waals surface area (Å²) in [5, 5.41) is 0. The molecule has 0 amide bonds. The van der Waals surface area contributed by atoms with Crippen LogP contribution in [0.5, 0.6) is 0 Å². The number of carbonyl (C=O) groups is 1. The molecular formula is C8H16O4. The van der Waals surface area contributed by atoms with E-state index in [0.717, 1.165) is 0 Å². The Morgan fingerprint density at radius 1 is 1.50 bits per heavy atom. The molecule has 4 heteroatoms. The highest BCUT2D eigenvalue weighted by molar-refractivity contribution is 5.69. The Bertz CT molecular complexity index is 124. The van der Waals surface area contributed by atoms with E-state index in [1.165, 1.54) is 7.11 Å². The summed E-state index contributed by atoms with van der Waals surface area (Å²) in [5.74, 6) is -0.235. The normalized spacial score (nSPS) is 12.6. The number of esters is 1. The topological polar surface area (TPSA) is 44.8 Å². The molecule has 1 atom stereocenters. The monoisotopic (exact) mass is 176 g/mol. The maximum Gasteiger partial charge on any atom is 0.308 e. The van der Waals surface area contributed by atoms with E-state index >= 15 is 0 Å². The number of hydrogen-bond donors (Lipinski definition) is 0. The summed E-state index contributed by atoms with van der Waals surface area (Å²) >= 11 is 0. The second-order valence-electron chi connectivity index (χ2n) is 2.39. The van der Waals surface area contributed by atoms with Gasteiger partial charge >= 0.3 is 5.97 Å². The summed E-state index contributed by atoms with van der Waals surface area (Å²) < 4.78 is 14.5. The predicted molar refractivity (Wildman–Crippen MR) is 43.7 cm³/mol. The fourth-order valence-corrected chi connectivity index (χ4v) is 0.698. The van der Waals surface area contributed by atoms with Crippen molar-refractivity contribution < 1.29 is 19.0 Å².